The van der Waals surface area contributed by atoms with Gasteiger partial charge in [-0.2, -0.15) is 4.98 Å². The second-order valence-corrected chi connectivity index (χ2v) is 16.2. The molecule has 47 heavy (non-hydrogen) atoms. The van der Waals surface area contributed by atoms with Crippen molar-refractivity contribution in [3.05, 3.63) is 35.3 Å². The number of pyridine rings is 1. The number of anilines is 2. The van der Waals surface area contributed by atoms with Gasteiger partial charge < -0.3 is 44.9 Å². The van der Waals surface area contributed by atoms with E-state index in [-0.39, 0.29) is 22.8 Å². The number of aliphatic hydroxyl groups excluding tert-OH is 1. The van der Waals surface area contributed by atoms with Crippen LogP contribution in [0, 0.1) is 12.3 Å². The molecule has 0 spiro atoms. The fourth-order valence-electron chi connectivity index (χ4n) is 5.56. The highest BCUT2D eigenvalue weighted by Gasteiger charge is 2.59. The summed E-state index contributed by atoms with van der Waals surface area (Å²) in [5, 5.41) is 11.5. The third-order valence-corrected chi connectivity index (χ3v) is 10.8. The van der Waals surface area contributed by atoms with E-state index in [1.807, 2.05) is 0 Å². The van der Waals surface area contributed by atoms with Gasteiger partial charge in [-0.3, -0.25) is 28.0 Å². The third-order valence-electron chi connectivity index (χ3n) is 7.74. The SMILES string of the molecule is C#C[C@@]12COP(O)(=S)O[C@@H]3[C@H](F)[C@@H](COP(O)(=S)O[C@H]1[C@@H](O)[C@H](n1cnc4c(N)ccnc41)O2)O[C@H]3n1cnc2c(=O)[nH]c(N)nc21. The predicted molar refractivity (Wildman–Crippen MR) is 166 cm³/mol. The van der Waals surface area contributed by atoms with Crippen molar-refractivity contribution in [1.29, 1.82) is 0 Å². The topological polar surface area (TPSA) is 262 Å². The first-order valence-corrected chi connectivity index (χ1v) is 18.6. The van der Waals surface area contributed by atoms with E-state index in [4.69, 9.17) is 69.1 Å². The van der Waals surface area contributed by atoms with Crippen LogP contribution in [0.15, 0.2) is 29.7 Å². The summed E-state index contributed by atoms with van der Waals surface area (Å²) < 4.78 is 52.9. The fraction of sp³-hybridized carbons (Fsp3) is 0.435. The second-order valence-electron chi connectivity index (χ2n) is 10.6. The molecule has 3 saturated heterocycles. The van der Waals surface area contributed by atoms with Crippen molar-refractivity contribution in [2.24, 2.45) is 0 Å². The Balaban J connectivity index is 1.25. The number of nitrogens with two attached hydrogens (primary N) is 2. The van der Waals surface area contributed by atoms with Gasteiger partial charge in [-0.05, 0) is 29.7 Å². The molecule has 2 bridgehead atoms. The van der Waals surface area contributed by atoms with Crippen LogP contribution in [-0.4, -0.2) is 98.3 Å². The highest BCUT2D eigenvalue weighted by atomic mass is 32.5. The maximum Gasteiger partial charge on any atom is 0.325 e. The molecule has 0 saturated carbocycles. The molecule has 3 aliphatic heterocycles. The third kappa shape index (κ3) is 5.56. The zero-order valence-corrected chi connectivity index (χ0v) is 26.9. The van der Waals surface area contributed by atoms with Crippen LogP contribution in [-0.2, 0) is 51.2 Å². The number of ether oxygens (including phenoxy) is 2. The van der Waals surface area contributed by atoms with Crippen molar-refractivity contribution in [3.63, 3.8) is 0 Å². The van der Waals surface area contributed by atoms with Crippen molar-refractivity contribution >= 4 is 71.0 Å². The average molecular weight is 732 g/mol. The fourth-order valence-corrected chi connectivity index (χ4v) is 8.40. The highest BCUT2D eigenvalue weighted by Crippen LogP contribution is 2.56. The van der Waals surface area contributed by atoms with Crippen LogP contribution >= 0.6 is 13.4 Å². The lowest BCUT2D eigenvalue weighted by atomic mass is 9.97. The molecule has 4 aromatic heterocycles. The summed E-state index contributed by atoms with van der Waals surface area (Å²) in [6, 6.07) is 1.53. The Hall–Kier alpha value is -3.00. The molecule has 7 heterocycles. The van der Waals surface area contributed by atoms with Gasteiger partial charge >= 0.3 is 13.4 Å². The molecule has 3 aliphatic rings. The number of H-pyrrole nitrogens is 1. The molecule has 7 rings (SSSR count). The quantitative estimate of drug-likeness (QED) is 0.112. The predicted octanol–water partition coefficient (Wildman–Crippen LogP) is -0.523. The number of halogens is 1. The van der Waals surface area contributed by atoms with Crippen molar-refractivity contribution in [2.75, 3.05) is 24.7 Å². The lowest BCUT2D eigenvalue weighted by molar-refractivity contribution is -0.0912. The summed E-state index contributed by atoms with van der Waals surface area (Å²) in [5.41, 5.74) is 9.48. The number of hydrogen-bond donors (Lipinski definition) is 6. The van der Waals surface area contributed by atoms with E-state index < -0.39 is 80.9 Å². The van der Waals surface area contributed by atoms with Crippen LogP contribution in [0.5, 0.6) is 0 Å². The lowest BCUT2D eigenvalue weighted by Crippen LogP contribution is -2.47. The maximum atomic E-state index is 16.0. The Morgan fingerprint density at radius 2 is 1.79 bits per heavy atom. The summed E-state index contributed by atoms with van der Waals surface area (Å²) in [6.07, 6.45) is -1.76. The Morgan fingerprint density at radius 3 is 2.53 bits per heavy atom. The molecule has 4 aromatic rings. The first kappa shape index (κ1) is 32.5. The Morgan fingerprint density at radius 1 is 1.09 bits per heavy atom. The second kappa shape index (κ2) is 11.6. The molecular formula is C23H24FN9O10P2S2. The Labute approximate surface area is 272 Å². The first-order valence-electron chi connectivity index (χ1n) is 13.5. The molecule has 19 nitrogen and oxygen atoms in total. The summed E-state index contributed by atoms with van der Waals surface area (Å²) in [6.45, 7) is -10.4. The summed E-state index contributed by atoms with van der Waals surface area (Å²) >= 11 is 10.4. The minimum absolute atomic E-state index is 0.0979. The summed E-state index contributed by atoms with van der Waals surface area (Å²) in [4.78, 5) is 53.5. The van der Waals surface area contributed by atoms with Crippen molar-refractivity contribution in [2.45, 2.75) is 48.6 Å². The number of nitrogen functional groups attached to an aromatic ring is 2. The standard InChI is InChI=1S/C23H24FN9O10P2S2/c1-2-23-6-39-45(37,47)42-15-11(24)10(40-21(15)33-8-29-13-18(33)30-22(26)31-19(13)35)5-38-44(36,46)43-16(23)14(34)20(41-23)32-7-28-12-9(25)3-4-27-17(12)32/h1,3-4,7-8,10-11,14-16,20-21,34H,5-6H2,(H2,25,27)(H,36,46)(H,37,47)(H3,26,30,31,35)/t10-,11-,14-,15-,16+,20-,21-,23-,44?,45?/m1/s1. The Kier molecular flexibility index (Phi) is 8.00. The number of nitrogens with one attached hydrogen (secondary N) is 1. The zero-order valence-electron chi connectivity index (χ0n) is 23.5. The summed E-state index contributed by atoms with van der Waals surface area (Å²) in [5.74, 6) is 2.08. The van der Waals surface area contributed by atoms with Crippen LogP contribution in [0.1, 0.15) is 12.5 Å². The monoisotopic (exact) mass is 731 g/mol. The van der Waals surface area contributed by atoms with E-state index in [2.05, 4.69) is 30.8 Å². The van der Waals surface area contributed by atoms with E-state index in [1.54, 1.807) is 0 Å². The van der Waals surface area contributed by atoms with E-state index >= 15 is 4.39 Å². The van der Waals surface area contributed by atoms with E-state index in [0.717, 1.165) is 10.9 Å². The van der Waals surface area contributed by atoms with E-state index in [1.165, 1.54) is 23.2 Å². The summed E-state index contributed by atoms with van der Waals surface area (Å²) in [7, 11) is 0. The van der Waals surface area contributed by atoms with Crippen molar-refractivity contribution in [3.8, 4) is 12.3 Å². The number of nitrogens with zero attached hydrogens (tertiary/aromatic N) is 6. The number of hydrogen-bond acceptors (Lipinski definition) is 16. The van der Waals surface area contributed by atoms with Gasteiger partial charge in [0.1, 0.15) is 29.9 Å². The number of rotatable bonds is 2. The molecule has 2 unspecified atom stereocenters. The van der Waals surface area contributed by atoms with Crippen LogP contribution < -0.4 is 17.0 Å². The minimum atomic E-state index is -4.45. The number of aliphatic hydroxyl groups is 1. The number of alkyl halides is 1. The largest absolute Gasteiger partial charge is 0.397 e. The number of imidazole rings is 2. The maximum absolute atomic E-state index is 16.0. The van der Waals surface area contributed by atoms with Crippen LogP contribution in [0.2, 0.25) is 0 Å². The van der Waals surface area contributed by atoms with Gasteiger partial charge in [0.15, 0.2) is 41.0 Å². The van der Waals surface area contributed by atoms with Gasteiger partial charge in [0.2, 0.25) is 5.95 Å². The van der Waals surface area contributed by atoms with E-state index in [0.29, 0.717) is 11.2 Å². The van der Waals surface area contributed by atoms with Crippen LogP contribution in [0.3, 0.4) is 0 Å². The lowest BCUT2D eigenvalue weighted by Gasteiger charge is -2.33. The number of aromatic amines is 1. The molecule has 0 aromatic carbocycles. The number of terminal acetylenes is 1. The molecule has 24 heteroatoms. The van der Waals surface area contributed by atoms with Crippen molar-refractivity contribution < 1.29 is 46.9 Å². The molecule has 0 radical (unpaired) electrons. The minimum Gasteiger partial charge on any atom is -0.397 e. The van der Waals surface area contributed by atoms with Gasteiger partial charge in [-0.15, -0.1) is 6.42 Å². The average Bonchev–Trinajstić information content (AvgIpc) is 3.76. The number of fused-ring (bicyclic) bond motifs is 5. The highest BCUT2D eigenvalue weighted by molar-refractivity contribution is 8.07. The van der Waals surface area contributed by atoms with Gasteiger partial charge in [0.05, 0.1) is 31.6 Å². The number of aromatic nitrogens is 7. The van der Waals surface area contributed by atoms with Crippen LogP contribution in [0.25, 0.3) is 22.3 Å². The molecule has 0 amide bonds. The van der Waals surface area contributed by atoms with Gasteiger partial charge in [-0.25, -0.2) is 19.3 Å². The van der Waals surface area contributed by atoms with Gasteiger partial charge in [0.25, 0.3) is 5.56 Å². The molecule has 10 atom stereocenters. The van der Waals surface area contributed by atoms with Crippen LogP contribution in [0.4, 0.5) is 16.0 Å². The van der Waals surface area contributed by atoms with Gasteiger partial charge in [-0.1, -0.05) is 5.92 Å². The van der Waals surface area contributed by atoms with Crippen molar-refractivity contribution in [1.82, 2.24) is 34.1 Å². The van der Waals surface area contributed by atoms with E-state index in [9.17, 15) is 19.7 Å². The molecule has 0 aliphatic carbocycles. The van der Waals surface area contributed by atoms with Gasteiger partial charge in [0, 0.05) is 6.20 Å². The smallest absolute Gasteiger partial charge is 0.325 e. The first-order chi connectivity index (χ1) is 22.2. The molecular weight excluding hydrogens is 707 g/mol. The molecule has 8 N–H and O–H groups in total. The Bertz CT molecular complexity index is 2090. The molecule has 3 fully saturated rings. The zero-order chi connectivity index (χ0) is 33.5. The normalized spacial score (nSPS) is 38.0. The molecule has 250 valence electrons.